The number of aryl methyl sites for hydroxylation is 1. The minimum atomic E-state index is -0.957. The SMILES string of the molecule is CCOCCCN(CC(C)C(=O)O)C(=O)c1cc2ccc(F)cc2nc1C. The predicted octanol–water partition coefficient (Wildman–Crippen LogP) is 3.27. The maximum absolute atomic E-state index is 13.4. The van der Waals surface area contributed by atoms with Crippen molar-refractivity contribution in [3.05, 3.63) is 41.3 Å². The molecule has 0 bridgehead atoms. The van der Waals surface area contributed by atoms with Crippen LogP contribution in [0.25, 0.3) is 10.9 Å². The fourth-order valence-corrected chi connectivity index (χ4v) is 2.81. The van der Waals surface area contributed by atoms with E-state index in [9.17, 15) is 19.1 Å². The molecule has 0 radical (unpaired) electrons. The Labute approximate surface area is 158 Å². The van der Waals surface area contributed by atoms with Gasteiger partial charge < -0.3 is 14.7 Å². The highest BCUT2D eigenvalue weighted by Gasteiger charge is 2.23. The van der Waals surface area contributed by atoms with Crippen molar-refractivity contribution in [1.82, 2.24) is 9.88 Å². The molecule has 27 heavy (non-hydrogen) atoms. The first-order valence-electron chi connectivity index (χ1n) is 9.00. The van der Waals surface area contributed by atoms with Crippen LogP contribution in [-0.2, 0) is 9.53 Å². The van der Waals surface area contributed by atoms with Crippen LogP contribution < -0.4 is 0 Å². The molecular weight excluding hydrogens is 351 g/mol. The third kappa shape index (κ3) is 5.47. The normalized spacial score (nSPS) is 12.1. The zero-order chi connectivity index (χ0) is 20.0. The topological polar surface area (TPSA) is 79.7 Å². The van der Waals surface area contributed by atoms with Gasteiger partial charge in [0, 0.05) is 37.8 Å². The number of fused-ring (bicyclic) bond motifs is 1. The molecular formula is C20H25FN2O4. The van der Waals surface area contributed by atoms with Crippen molar-refractivity contribution in [3.8, 4) is 0 Å². The van der Waals surface area contributed by atoms with Gasteiger partial charge >= 0.3 is 5.97 Å². The number of aromatic nitrogens is 1. The van der Waals surface area contributed by atoms with Crippen molar-refractivity contribution in [2.75, 3.05) is 26.3 Å². The van der Waals surface area contributed by atoms with E-state index in [1.807, 2.05) is 6.92 Å². The van der Waals surface area contributed by atoms with E-state index in [1.54, 1.807) is 26.0 Å². The number of rotatable bonds is 9. The number of benzene rings is 1. The summed E-state index contributed by atoms with van der Waals surface area (Å²) in [5, 5.41) is 9.86. The van der Waals surface area contributed by atoms with Gasteiger partial charge in [0.25, 0.3) is 5.91 Å². The molecule has 1 amide bonds. The lowest BCUT2D eigenvalue weighted by Gasteiger charge is -2.25. The number of pyridine rings is 1. The molecule has 1 aromatic carbocycles. The monoisotopic (exact) mass is 376 g/mol. The molecule has 0 spiro atoms. The molecule has 0 fully saturated rings. The number of aliphatic carboxylic acids is 1. The highest BCUT2D eigenvalue weighted by Crippen LogP contribution is 2.20. The summed E-state index contributed by atoms with van der Waals surface area (Å²) in [4.78, 5) is 30.2. The van der Waals surface area contributed by atoms with E-state index in [2.05, 4.69) is 4.98 Å². The molecule has 2 aromatic rings. The second-order valence-corrected chi connectivity index (χ2v) is 6.50. The quantitative estimate of drug-likeness (QED) is 0.680. The number of nitrogens with zero attached hydrogens (tertiary/aromatic N) is 2. The van der Waals surface area contributed by atoms with E-state index >= 15 is 0 Å². The van der Waals surface area contributed by atoms with Crippen molar-refractivity contribution in [2.45, 2.75) is 27.2 Å². The molecule has 0 saturated heterocycles. The third-order valence-corrected chi connectivity index (χ3v) is 4.32. The Bertz CT molecular complexity index is 825. The van der Waals surface area contributed by atoms with E-state index in [1.165, 1.54) is 17.0 Å². The van der Waals surface area contributed by atoms with Crippen molar-refractivity contribution in [2.24, 2.45) is 5.92 Å². The third-order valence-electron chi connectivity index (χ3n) is 4.32. The summed E-state index contributed by atoms with van der Waals surface area (Å²) in [6.07, 6.45) is 0.608. The Morgan fingerprint density at radius 1 is 1.33 bits per heavy atom. The number of halogens is 1. The van der Waals surface area contributed by atoms with Gasteiger partial charge in [-0.3, -0.25) is 14.6 Å². The number of hydrogen-bond acceptors (Lipinski definition) is 4. The molecule has 0 saturated carbocycles. The number of carboxylic acid groups (broad SMARTS) is 1. The fourth-order valence-electron chi connectivity index (χ4n) is 2.81. The van der Waals surface area contributed by atoms with Gasteiger partial charge in [-0.25, -0.2) is 4.39 Å². The first kappa shape index (κ1) is 20.8. The van der Waals surface area contributed by atoms with Crippen LogP contribution >= 0.6 is 0 Å². The molecule has 1 N–H and O–H groups in total. The molecule has 1 heterocycles. The van der Waals surface area contributed by atoms with Gasteiger partial charge in [-0.1, -0.05) is 6.92 Å². The summed E-state index contributed by atoms with van der Waals surface area (Å²) in [7, 11) is 0. The number of carbonyl (C=O) groups excluding carboxylic acids is 1. The molecule has 1 unspecified atom stereocenters. The van der Waals surface area contributed by atoms with Crippen LogP contribution in [0.4, 0.5) is 4.39 Å². The standard InChI is InChI=1S/C20H25FN2O4/c1-4-27-9-5-8-23(12-13(2)20(25)26)19(24)17-10-15-6-7-16(21)11-18(15)22-14(17)3/h6-7,10-11,13H,4-5,8-9,12H2,1-3H3,(H,25,26). The Balaban J connectivity index is 2.29. The van der Waals surface area contributed by atoms with Crippen molar-refractivity contribution in [3.63, 3.8) is 0 Å². The van der Waals surface area contributed by atoms with Crippen LogP contribution in [0.3, 0.4) is 0 Å². The van der Waals surface area contributed by atoms with E-state index in [4.69, 9.17) is 4.74 Å². The van der Waals surface area contributed by atoms with Crippen molar-refractivity contribution in [1.29, 1.82) is 0 Å². The van der Waals surface area contributed by atoms with Gasteiger partial charge in [-0.05, 0) is 38.5 Å². The number of ether oxygens (including phenoxy) is 1. The minimum Gasteiger partial charge on any atom is -0.481 e. The van der Waals surface area contributed by atoms with Crippen molar-refractivity contribution < 1.29 is 23.8 Å². The Hall–Kier alpha value is -2.54. The van der Waals surface area contributed by atoms with Crippen LogP contribution in [0.2, 0.25) is 0 Å². The molecule has 1 aromatic heterocycles. The summed E-state index contributed by atoms with van der Waals surface area (Å²) in [6.45, 7) is 6.72. The van der Waals surface area contributed by atoms with Gasteiger partial charge in [0.1, 0.15) is 5.82 Å². The highest BCUT2D eigenvalue weighted by molar-refractivity contribution is 5.98. The minimum absolute atomic E-state index is 0.0984. The Kier molecular flexibility index (Phi) is 7.24. The summed E-state index contributed by atoms with van der Waals surface area (Å²) in [6, 6.07) is 5.90. The number of carboxylic acids is 1. The first-order chi connectivity index (χ1) is 12.8. The van der Waals surface area contributed by atoms with E-state index in [0.29, 0.717) is 48.3 Å². The number of carbonyl (C=O) groups is 2. The van der Waals surface area contributed by atoms with Crippen LogP contribution in [0.1, 0.15) is 36.3 Å². The fraction of sp³-hybridized carbons (Fsp3) is 0.450. The average molecular weight is 376 g/mol. The zero-order valence-electron chi connectivity index (χ0n) is 15.9. The maximum atomic E-state index is 13.4. The van der Waals surface area contributed by atoms with Gasteiger partial charge in [-0.15, -0.1) is 0 Å². The largest absolute Gasteiger partial charge is 0.481 e. The van der Waals surface area contributed by atoms with Gasteiger partial charge in [0.05, 0.1) is 22.7 Å². The average Bonchev–Trinajstić information content (AvgIpc) is 2.62. The Morgan fingerprint density at radius 3 is 2.74 bits per heavy atom. The van der Waals surface area contributed by atoms with E-state index in [0.717, 1.165) is 0 Å². The summed E-state index contributed by atoms with van der Waals surface area (Å²) in [5.74, 6) is -2.32. The zero-order valence-corrected chi connectivity index (χ0v) is 15.9. The molecule has 146 valence electrons. The predicted molar refractivity (Wildman–Crippen MR) is 100 cm³/mol. The lowest BCUT2D eigenvalue weighted by Crippen LogP contribution is -2.38. The van der Waals surface area contributed by atoms with E-state index in [-0.39, 0.29) is 18.3 Å². The van der Waals surface area contributed by atoms with Gasteiger partial charge in [-0.2, -0.15) is 0 Å². The summed E-state index contributed by atoms with van der Waals surface area (Å²) in [5.41, 5.74) is 1.35. The van der Waals surface area contributed by atoms with Gasteiger partial charge in [0.15, 0.2) is 0 Å². The molecule has 7 heteroatoms. The van der Waals surface area contributed by atoms with Crippen LogP contribution in [-0.4, -0.2) is 53.2 Å². The molecule has 0 aliphatic heterocycles. The van der Waals surface area contributed by atoms with Crippen LogP contribution in [0.5, 0.6) is 0 Å². The molecule has 0 aliphatic carbocycles. The number of hydrogen-bond donors (Lipinski definition) is 1. The van der Waals surface area contributed by atoms with Crippen LogP contribution in [0.15, 0.2) is 24.3 Å². The first-order valence-corrected chi connectivity index (χ1v) is 9.00. The number of amides is 1. The summed E-state index contributed by atoms with van der Waals surface area (Å²) < 4.78 is 18.7. The molecule has 6 nitrogen and oxygen atoms in total. The Morgan fingerprint density at radius 2 is 2.07 bits per heavy atom. The molecule has 1 atom stereocenters. The van der Waals surface area contributed by atoms with Gasteiger partial charge in [0.2, 0.25) is 0 Å². The van der Waals surface area contributed by atoms with Crippen molar-refractivity contribution >= 4 is 22.8 Å². The lowest BCUT2D eigenvalue weighted by molar-refractivity contribution is -0.141. The smallest absolute Gasteiger partial charge is 0.308 e. The maximum Gasteiger partial charge on any atom is 0.308 e. The second-order valence-electron chi connectivity index (χ2n) is 6.50. The second kappa shape index (κ2) is 9.41. The van der Waals surface area contributed by atoms with Crippen LogP contribution in [0, 0.1) is 18.7 Å². The molecule has 0 aliphatic rings. The molecule has 2 rings (SSSR count). The summed E-state index contributed by atoms with van der Waals surface area (Å²) >= 11 is 0. The highest BCUT2D eigenvalue weighted by atomic mass is 19.1. The van der Waals surface area contributed by atoms with E-state index < -0.39 is 11.9 Å². The lowest BCUT2D eigenvalue weighted by atomic mass is 10.1.